The van der Waals surface area contributed by atoms with Gasteiger partial charge >= 0.3 is 0 Å². The second kappa shape index (κ2) is 3.92. The Balaban J connectivity index is 1.89. The lowest BCUT2D eigenvalue weighted by Gasteiger charge is -2.21. The third kappa shape index (κ3) is 2.31. The van der Waals surface area contributed by atoms with Gasteiger partial charge < -0.3 is 9.84 Å². The van der Waals surface area contributed by atoms with Crippen LogP contribution in [-0.2, 0) is 6.42 Å². The van der Waals surface area contributed by atoms with Gasteiger partial charge in [0.25, 0.3) is 0 Å². The normalized spacial score (nSPS) is 23.3. The lowest BCUT2D eigenvalue weighted by molar-refractivity contribution is 0.320. The van der Waals surface area contributed by atoms with E-state index < -0.39 is 0 Å². The average molecular weight is 180 g/mol. The first kappa shape index (κ1) is 8.75. The van der Waals surface area contributed by atoms with E-state index in [1.807, 2.05) is 13.0 Å². The number of aromatic nitrogens is 1. The van der Waals surface area contributed by atoms with Gasteiger partial charge in [-0.05, 0) is 38.8 Å². The Bertz CT molecular complexity index is 264. The van der Waals surface area contributed by atoms with Gasteiger partial charge in [0.15, 0.2) is 0 Å². The van der Waals surface area contributed by atoms with Crippen molar-refractivity contribution >= 4 is 0 Å². The molecule has 0 aromatic carbocycles. The minimum absolute atomic E-state index is 0.737. The molecule has 1 aromatic rings. The van der Waals surface area contributed by atoms with E-state index in [9.17, 15) is 0 Å². The Hall–Kier alpha value is -0.830. The lowest BCUT2D eigenvalue weighted by atomic mass is 9.95. The van der Waals surface area contributed by atoms with Gasteiger partial charge in [-0.2, -0.15) is 0 Å². The van der Waals surface area contributed by atoms with Crippen molar-refractivity contribution in [3.05, 3.63) is 17.5 Å². The number of nitrogens with one attached hydrogen (secondary N) is 1. The fourth-order valence-corrected chi connectivity index (χ4v) is 1.90. The molecule has 0 spiro atoms. The van der Waals surface area contributed by atoms with Crippen molar-refractivity contribution in [2.24, 2.45) is 5.92 Å². The highest BCUT2D eigenvalue weighted by Crippen LogP contribution is 2.16. The van der Waals surface area contributed by atoms with Crippen LogP contribution in [-0.4, -0.2) is 18.2 Å². The molecule has 1 N–H and O–H groups in total. The zero-order valence-corrected chi connectivity index (χ0v) is 8.05. The van der Waals surface area contributed by atoms with Gasteiger partial charge in [0.1, 0.15) is 5.76 Å². The van der Waals surface area contributed by atoms with Crippen molar-refractivity contribution in [3.8, 4) is 0 Å². The third-order valence-corrected chi connectivity index (χ3v) is 2.57. The van der Waals surface area contributed by atoms with Crippen LogP contribution in [0.4, 0.5) is 0 Å². The number of rotatable bonds is 2. The van der Waals surface area contributed by atoms with Crippen molar-refractivity contribution in [3.63, 3.8) is 0 Å². The summed E-state index contributed by atoms with van der Waals surface area (Å²) in [6.45, 7) is 4.26. The molecule has 0 saturated carbocycles. The standard InChI is InChI=1S/C10H16N2O/c1-8-5-10(13-12-8)6-9-3-2-4-11-7-9/h5,9,11H,2-4,6-7H2,1H3. The van der Waals surface area contributed by atoms with Crippen LogP contribution in [0.2, 0.25) is 0 Å². The van der Waals surface area contributed by atoms with Gasteiger partial charge in [-0.15, -0.1) is 0 Å². The van der Waals surface area contributed by atoms with Crippen molar-refractivity contribution < 1.29 is 4.52 Å². The molecule has 1 unspecified atom stereocenters. The van der Waals surface area contributed by atoms with E-state index >= 15 is 0 Å². The summed E-state index contributed by atoms with van der Waals surface area (Å²) in [6, 6.07) is 2.04. The maximum atomic E-state index is 5.19. The molecular formula is C10H16N2O. The lowest BCUT2D eigenvalue weighted by Crippen LogP contribution is -2.30. The monoisotopic (exact) mass is 180 g/mol. The van der Waals surface area contributed by atoms with Crippen LogP contribution in [0, 0.1) is 12.8 Å². The van der Waals surface area contributed by atoms with Crippen molar-refractivity contribution in [2.75, 3.05) is 13.1 Å². The quantitative estimate of drug-likeness (QED) is 0.750. The molecule has 1 aliphatic heterocycles. The summed E-state index contributed by atoms with van der Waals surface area (Å²) in [5, 5.41) is 7.29. The molecule has 3 heteroatoms. The van der Waals surface area contributed by atoms with Gasteiger partial charge in [0.05, 0.1) is 5.69 Å². The molecule has 0 radical (unpaired) electrons. The van der Waals surface area contributed by atoms with E-state index in [0.29, 0.717) is 0 Å². The van der Waals surface area contributed by atoms with Crippen LogP contribution in [0.25, 0.3) is 0 Å². The Morgan fingerprint density at radius 2 is 2.62 bits per heavy atom. The average Bonchev–Trinajstić information content (AvgIpc) is 2.53. The van der Waals surface area contributed by atoms with E-state index in [1.54, 1.807) is 0 Å². The molecule has 3 nitrogen and oxygen atoms in total. The molecule has 2 heterocycles. The maximum absolute atomic E-state index is 5.19. The van der Waals surface area contributed by atoms with Crippen LogP contribution >= 0.6 is 0 Å². The maximum Gasteiger partial charge on any atom is 0.137 e. The summed E-state index contributed by atoms with van der Waals surface area (Å²) in [5.74, 6) is 1.77. The van der Waals surface area contributed by atoms with E-state index in [2.05, 4.69) is 10.5 Å². The topological polar surface area (TPSA) is 38.1 Å². The van der Waals surface area contributed by atoms with E-state index in [0.717, 1.165) is 30.3 Å². The fraction of sp³-hybridized carbons (Fsp3) is 0.700. The minimum atomic E-state index is 0.737. The molecule has 0 bridgehead atoms. The third-order valence-electron chi connectivity index (χ3n) is 2.57. The van der Waals surface area contributed by atoms with Crippen LogP contribution < -0.4 is 5.32 Å². The van der Waals surface area contributed by atoms with Crippen LogP contribution in [0.15, 0.2) is 10.6 Å². The second-order valence-electron chi connectivity index (χ2n) is 3.85. The smallest absolute Gasteiger partial charge is 0.137 e. The highest BCUT2D eigenvalue weighted by molar-refractivity contribution is 5.04. The molecule has 13 heavy (non-hydrogen) atoms. The Labute approximate surface area is 78.5 Å². The van der Waals surface area contributed by atoms with Crippen LogP contribution in [0.3, 0.4) is 0 Å². The summed E-state index contributed by atoms with van der Waals surface area (Å²) in [5.41, 5.74) is 0.985. The van der Waals surface area contributed by atoms with Gasteiger partial charge in [-0.25, -0.2) is 0 Å². The van der Waals surface area contributed by atoms with E-state index in [1.165, 1.54) is 19.4 Å². The summed E-state index contributed by atoms with van der Waals surface area (Å²) in [6.07, 6.45) is 3.64. The highest BCUT2D eigenvalue weighted by atomic mass is 16.5. The van der Waals surface area contributed by atoms with E-state index in [4.69, 9.17) is 4.52 Å². The molecular weight excluding hydrogens is 164 g/mol. The number of hydrogen-bond donors (Lipinski definition) is 1. The summed E-state index contributed by atoms with van der Waals surface area (Å²) in [7, 11) is 0. The Morgan fingerprint density at radius 3 is 3.23 bits per heavy atom. The Kier molecular flexibility index (Phi) is 2.64. The van der Waals surface area contributed by atoms with Crippen LogP contribution in [0.1, 0.15) is 24.3 Å². The number of nitrogens with zero attached hydrogens (tertiary/aromatic N) is 1. The highest BCUT2D eigenvalue weighted by Gasteiger charge is 2.15. The Morgan fingerprint density at radius 1 is 1.69 bits per heavy atom. The summed E-state index contributed by atoms with van der Waals surface area (Å²) < 4.78 is 5.19. The first-order chi connectivity index (χ1) is 6.34. The van der Waals surface area contributed by atoms with Gasteiger partial charge in [0.2, 0.25) is 0 Å². The predicted molar refractivity (Wildman–Crippen MR) is 50.5 cm³/mol. The SMILES string of the molecule is Cc1cc(CC2CCCNC2)on1. The summed E-state index contributed by atoms with van der Waals surface area (Å²) in [4.78, 5) is 0. The first-order valence-electron chi connectivity index (χ1n) is 4.97. The minimum Gasteiger partial charge on any atom is -0.361 e. The molecule has 1 aromatic heterocycles. The van der Waals surface area contributed by atoms with Gasteiger partial charge in [-0.3, -0.25) is 0 Å². The van der Waals surface area contributed by atoms with E-state index in [-0.39, 0.29) is 0 Å². The molecule has 2 rings (SSSR count). The van der Waals surface area contributed by atoms with Crippen LogP contribution in [0.5, 0.6) is 0 Å². The predicted octanol–water partition coefficient (Wildman–Crippen LogP) is 1.53. The second-order valence-corrected chi connectivity index (χ2v) is 3.85. The van der Waals surface area contributed by atoms with Crippen molar-refractivity contribution in [1.29, 1.82) is 0 Å². The molecule has 0 amide bonds. The zero-order chi connectivity index (χ0) is 9.10. The molecule has 1 saturated heterocycles. The molecule has 1 fully saturated rings. The number of hydrogen-bond acceptors (Lipinski definition) is 3. The number of aryl methyl sites for hydroxylation is 1. The van der Waals surface area contributed by atoms with Gasteiger partial charge in [-0.1, -0.05) is 5.16 Å². The number of piperidine rings is 1. The summed E-state index contributed by atoms with van der Waals surface area (Å²) >= 11 is 0. The van der Waals surface area contributed by atoms with Gasteiger partial charge in [0, 0.05) is 12.5 Å². The molecule has 1 aliphatic rings. The van der Waals surface area contributed by atoms with Crippen molar-refractivity contribution in [1.82, 2.24) is 10.5 Å². The zero-order valence-electron chi connectivity index (χ0n) is 8.05. The largest absolute Gasteiger partial charge is 0.361 e. The first-order valence-corrected chi connectivity index (χ1v) is 4.97. The molecule has 0 aliphatic carbocycles. The molecule has 1 atom stereocenters. The molecule has 72 valence electrons. The van der Waals surface area contributed by atoms with Crippen molar-refractivity contribution in [2.45, 2.75) is 26.2 Å². The fourth-order valence-electron chi connectivity index (χ4n) is 1.90.